The van der Waals surface area contributed by atoms with Gasteiger partial charge in [-0.05, 0) is 31.0 Å². The Balaban J connectivity index is 2.31. The quantitative estimate of drug-likeness (QED) is 0.755. The third-order valence-corrected chi connectivity index (χ3v) is 2.97. The monoisotopic (exact) mass is 259 g/mol. The van der Waals surface area contributed by atoms with Crippen LogP contribution in [-0.4, -0.2) is 19.2 Å². The minimum Gasteiger partial charge on any atom is -0.491 e. The molecule has 0 heterocycles. The summed E-state index contributed by atoms with van der Waals surface area (Å²) in [5.74, 6) is 0.178. The first-order valence-electron chi connectivity index (χ1n) is 5.98. The summed E-state index contributed by atoms with van der Waals surface area (Å²) in [6, 6.07) is 4.68. The van der Waals surface area contributed by atoms with Crippen molar-refractivity contribution in [3.8, 4) is 5.75 Å². The van der Waals surface area contributed by atoms with Crippen LogP contribution in [-0.2, 0) is 0 Å². The van der Waals surface area contributed by atoms with Gasteiger partial charge < -0.3 is 10.1 Å². The molecule has 0 fully saturated rings. The Morgan fingerprint density at radius 2 is 2.06 bits per heavy atom. The van der Waals surface area contributed by atoms with E-state index in [9.17, 15) is 4.39 Å². The second kappa shape index (κ2) is 7.51. The molecule has 0 atom stereocenters. The number of hydrogen-bond acceptors (Lipinski definition) is 2. The lowest BCUT2D eigenvalue weighted by Gasteiger charge is -2.15. The minimum absolute atomic E-state index is 0.313. The van der Waals surface area contributed by atoms with Crippen molar-refractivity contribution >= 4 is 11.6 Å². The summed E-state index contributed by atoms with van der Waals surface area (Å²) < 4.78 is 18.3. The first kappa shape index (κ1) is 14.3. The van der Waals surface area contributed by atoms with E-state index in [1.165, 1.54) is 12.1 Å². The molecule has 0 aromatic heterocycles. The molecule has 0 amide bonds. The van der Waals surface area contributed by atoms with Gasteiger partial charge in [0.25, 0.3) is 0 Å². The summed E-state index contributed by atoms with van der Waals surface area (Å²) in [4.78, 5) is 0. The van der Waals surface area contributed by atoms with Gasteiger partial charge in [0.2, 0.25) is 0 Å². The Bertz CT molecular complexity index is 342. The topological polar surface area (TPSA) is 21.3 Å². The maximum absolute atomic E-state index is 12.8. The van der Waals surface area contributed by atoms with Crippen molar-refractivity contribution in [2.45, 2.75) is 32.7 Å². The van der Waals surface area contributed by atoms with Crippen molar-refractivity contribution < 1.29 is 9.13 Å². The number of rotatable bonds is 7. The van der Waals surface area contributed by atoms with E-state index in [1.807, 2.05) is 0 Å². The minimum atomic E-state index is -0.350. The van der Waals surface area contributed by atoms with E-state index in [-0.39, 0.29) is 5.82 Å². The molecule has 0 saturated heterocycles. The van der Waals surface area contributed by atoms with E-state index in [1.54, 1.807) is 6.07 Å². The van der Waals surface area contributed by atoms with E-state index < -0.39 is 0 Å². The summed E-state index contributed by atoms with van der Waals surface area (Å²) in [6.45, 7) is 5.60. The van der Waals surface area contributed by atoms with Gasteiger partial charge in [-0.15, -0.1) is 0 Å². The molecule has 1 N–H and O–H groups in total. The molecular weight excluding hydrogens is 241 g/mol. The Kier molecular flexibility index (Phi) is 6.30. The highest BCUT2D eigenvalue weighted by Crippen LogP contribution is 2.24. The lowest BCUT2D eigenvalue weighted by atomic mass is 10.2. The fourth-order valence-electron chi connectivity index (χ4n) is 1.59. The fourth-order valence-corrected chi connectivity index (χ4v) is 1.82. The Labute approximate surface area is 107 Å². The number of benzene rings is 1. The zero-order valence-electron chi connectivity index (χ0n) is 10.3. The van der Waals surface area contributed by atoms with Crippen LogP contribution >= 0.6 is 11.6 Å². The lowest BCUT2D eigenvalue weighted by molar-refractivity contribution is 0.302. The molecule has 0 aliphatic carbocycles. The van der Waals surface area contributed by atoms with Crippen LogP contribution in [0.1, 0.15) is 26.7 Å². The smallest absolute Gasteiger partial charge is 0.138 e. The molecule has 2 nitrogen and oxygen atoms in total. The van der Waals surface area contributed by atoms with Crippen molar-refractivity contribution in [3.63, 3.8) is 0 Å². The van der Waals surface area contributed by atoms with Crippen molar-refractivity contribution in [3.05, 3.63) is 29.0 Å². The number of nitrogens with one attached hydrogen (secondary N) is 1. The van der Waals surface area contributed by atoms with Gasteiger partial charge in [0.15, 0.2) is 0 Å². The van der Waals surface area contributed by atoms with Crippen LogP contribution in [0.4, 0.5) is 4.39 Å². The average Bonchev–Trinajstić information content (AvgIpc) is 2.32. The van der Waals surface area contributed by atoms with E-state index in [0.717, 1.165) is 19.4 Å². The van der Waals surface area contributed by atoms with Gasteiger partial charge in [0.1, 0.15) is 18.2 Å². The lowest BCUT2D eigenvalue weighted by Crippen LogP contribution is -2.31. The van der Waals surface area contributed by atoms with Gasteiger partial charge in [0, 0.05) is 12.6 Å². The molecule has 0 spiro atoms. The standard InChI is InChI=1S/C13H19ClFNO/c1-3-11(4-2)16-7-8-17-13-6-5-10(15)9-12(13)14/h5-6,9,11,16H,3-4,7-8H2,1-2H3. The fraction of sp³-hybridized carbons (Fsp3) is 0.538. The third kappa shape index (κ3) is 4.92. The van der Waals surface area contributed by atoms with Gasteiger partial charge in [-0.2, -0.15) is 0 Å². The van der Waals surface area contributed by atoms with Crippen molar-refractivity contribution in [1.82, 2.24) is 5.32 Å². The Morgan fingerprint density at radius 3 is 2.65 bits per heavy atom. The van der Waals surface area contributed by atoms with Crippen LogP contribution in [0, 0.1) is 5.82 Å². The predicted octanol–water partition coefficient (Wildman–Crippen LogP) is 3.64. The van der Waals surface area contributed by atoms with E-state index in [0.29, 0.717) is 23.4 Å². The molecule has 0 bridgehead atoms. The van der Waals surface area contributed by atoms with E-state index in [4.69, 9.17) is 16.3 Å². The second-order valence-electron chi connectivity index (χ2n) is 3.89. The normalized spacial score (nSPS) is 10.9. The largest absolute Gasteiger partial charge is 0.491 e. The number of halogens is 2. The van der Waals surface area contributed by atoms with Gasteiger partial charge in [-0.3, -0.25) is 0 Å². The molecule has 96 valence electrons. The summed E-state index contributed by atoms with van der Waals surface area (Å²) in [5, 5.41) is 3.69. The van der Waals surface area contributed by atoms with Crippen LogP contribution < -0.4 is 10.1 Å². The molecule has 17 heavy (non-hydrogen) atoms. The molecule has 0 radical (unpaired) electrons. The van der Waals surface area contributed by atoms with Crippen molar-refractivity contribution in [2.75, 3.05) is 13.2 Å². The van der Waals surface area contributed by atoms with Crippen LogP contribution in [0.5, 0.6) is 5.75 Å². The molecule has 0 saturated carbocycles. The van der Waals surface area contributed by atoms with Crippen molar-refractivity contribution in [2.24, 2.45) is 0 Å². The SMILES string of the molecule is CCC(CC)NCCOc1ccc(F)cc1Cl. The molecule has 0 aliphatic heterocycles. The van der Waals surface area contributed by atoms with Crippen molar-refractivity contribution in [1.29, 1.82) is 0 Å². The molecule has 1 aromatic carbocycles. The number of hydrogen-bond donors (Lipinski definition) is 1. The maximum atomic E-state index is 12.8. The highest BCUT2D eigenvalue weighted by Gasteiger charge is 2.04. The Hall–Kier alpha value is -0.800. The summed E-state index contributed by atoms with van der Waals surface area (Å²) >= 11 is 5.84. The molecule has 1 rings (SSSR count). The zero-order valence-corrected chi connectivity index (χ0v) is 11.1. The second-order valence-corrected chi connectivity index (χ2v) is 4.30. The highest BCUT2D eigenvalue weighted by atomic mass is 35.5. The van der Waals surface area contributed by atoms with Gasteiger partial charge in [0.05, 0.1) is 5.02 Å². The Morgan fingerprint density at radius 1 is 1.35 bits per heavy atom. The van der Waals surface area contributed by atoms with Crippen LogP contribution in [0.15, 0.2) is 18.2 Å². The predicted molar refractivity (Wildman–Crippen MR) is 69.3 cm³/mol. The highest BCUT2D eigenvalue weighted by molar-refractivity contribution is 6.32. The summed E-state index contributed by atoms with van der Waals surface area (Å²) in [5.41, 5.74) is 0. The molecule has 1 aromatic rings. The molecular formula is C13H19ClFNO. The van der Waals surface area contributed by atoms with Gasteiger partial charge >= 0.3 is 0 Å². The number of ether oxygens (including phenoxy) is 1. The first-order valence-corrected chi connectivity index (χ1v) is 6.36. The van der Waals surface area contributed by atoms with E-state index >= 15 is 0 Å². The van der Waals surface area contributed by atoms with E-state index in [2.05, 4.69) is 19.2 Å². The van der Waals surface area contributed by atoms with Gasteiger partial charge in [-0.25, -0.2) is 4.39 Å². The average molecular weight is 260 g/mol. The summed E-state index contributed by atoms with van der Waals surface area (Å²) in [6.07, 6.45) is 2.21. The van der Waals surface area contributed by atoms with Crippen LogP contribution in [0.2, 0.25) is 5.02 Å². The van der Waals surface area contributed by atoms with Gasteiger partial charge in [-0.1, -0.05) is 25.4 Å². The maximum Gasteiger partial charge on any atom is 0.138 e. The first-order chi connectivity index (χ1) is 8.17. The molecule has 4 heteroatoms. The molecule has 0 aliphatic rings. The molecule has 0 unspecified atom stereocenters. The van der Waals surface area contributed by atoms with Crippen LogP contribution in [0.25, 0.3) is 0 Å². The zero-order chi connectivity index (χ0) is 12.7. The summed E-state index contributed by atoms with van der Waals surface area (Å²) in [7, 11) is 0. The third-order valence-electron chi connectivity index (χ3n) is 2.67. The van der Waals surface area contributed by atoms with Crippen LogP contribution in [0.3, 0.4) is 0 Å².